The SMILES string of the molecule is C=C1CCC(N2Cc3cc(O[C@H]4CCC[C@@H]4N(CC4(C)COC4)CC4(C)COC4)ccc3C2=O)C(=O)N1. The summed E-state index contributed by atoms with van der Waals surface area (Å²) in [6.45, 7) is 14.2. The van der Waals surface area contributed by atoms with E-state index in [1.165, 1.54) is 0 Å². The predicted octanol–water partition coefficient (Wildman–Crippen LogP) is 3.11. The molecule has 2 amide bonds. The lowest BCUT2D eigenvalue weighted by molar-refractivity contribution is -0.151. The van der Waals surface area contributed by atoms with E-state index in [-0.39, 0.29) is 28.7 Å². The van der Waals surface area contributed by atoms with E-state index in [1.54, 1.807) is 4.90 Å². The maximum atomic E-state index is 13.1. The van der Waals surface area contributed by atoms with Crippen molar-refractivity contribution in [3.05, 3.63) is 41.6 Å². The number of benzene rings is 1. The lowest BCUT2D eigenvalue weighted by Gasteiger charge is -2.49. The number of nitrogens with zero attached hydrogens (tertiary/aromatic N) is 2. The van der Waals surface area contributed by atoms with Gasteiger partial charge in [0.1, 0.15) is 17.9 Å². The first-order valence-corrected chi connectivity index (χ1v) is 13.7. The van der Waals surface area contributed by atoms with E-state index in [0.717, 1.165) is 75.8 Å². The maximum Gasteiger partial charge on any atom is 0.255 e. The van der Waals surface area contributed by atoms with Gasteiger partial charge in [-0.1, -0.05) is 20.4 Å². The van der Waals surface area contributed by atoms with E-state index in [9.17, 15) is 9.59 Å². The van der Waals surface area contributed by atoms with Gasteiger partial charge < -0.3 is 24.4 Å². The third-order valence-electron chi connectivity index (χ3n) is 8.75. The molecule has 4 heterocycles. The second kappa shape index (κ2) is 9.40. The van der Waals surface area contributed by atoms with Gasteiger partial charge in [-0.05, 0) is 55.9 Å². The zero-order chi connectivity index (χ0) is 25.8. The van der Waals surface area contributed by atoms with Gasteiger partial charge in [0.15, 0.2) is 0 Å². The Bertz CT molecular complexity index is 1070. The molecular formula is C29H39N3O5. The Hall–Kier alpha value is -2.42. The van der Waals surface area contributed by atoms with Crippen molar-refractivity contribution in [3.8, 4) is 5.75 Å². The van der Waals surface area contributed by atoms with Crippen molar-refractivity contribution >= 4 is 11.8 Å². The lowest BCUT2D eigenvalue weighted by atomic mass is 9.83. The van der Waals surface area contributed by atoms with E-state index >= 15 is 0 Å². The molecule has 8 heteroatoms. The molecule has 4 fully saturated rings. The Kier molecular flexibility index (Phi) is 6.32. The first-order chi connectivity index (χ1) is 17.7. The minimum Gasteiger partial charge on any atom is -0.489 e. The standard InChI is InChI=1S/C29H39N3O5/c1-19-7-10-24(26(33)30-19)32-12-20-11-21(8-9-22(20)27(32)34)37-25-6-4-5-23(25)31(13-28(2)15-35-16-28)14-29(3)17-36-18-29/h8-9,11,23-25H,1,4-7,10,12-18H2,2-3H3,(H,30,33)/t23-,24?,25-/m0/s1. The number of piperidine rings is 1. The molecule has 4 aliphatic heterocycles. The van der Waals surface area contributed by atoms with Crippen molar-refractivity contribution < 1.29 is 23.8 Å². The Balaban J connectivity index is 1.16. The van der Waals surface area contributed by atoms with Crippen LogP contribution in [0.25, 0.3) is 0 Å². The van der Waals surface area contributed by atoms with Gasteiger partial charge in [-0.25, -0.2) is 0 Å². The van der Waals surface area contributed by atoms with Gasteiger partial charge in [0.25, 0.3) is 5.91 Å². The molecule has 0 spiro atoms. The van der Waals surface area contributed by atoms with E-state index in [4.69, 9.17) is 14.2 Å². The summed E-state index contributed by atoms with van der Waals surface area (Å²) in [7, 11) is 0. The average Bonchev–Trinajstić information content (AvgIpc) is 3.41. The number of ether oxygens (including phenoxy) is 3. The highest BCUT2D eigenvalue weighted by Gasteiger charge is 2.45. The third kappa shape index (κ3) is 4.79. The molecule has 3 saturated heterocycles. The molecule has 8 nitrogen and oxygen atoms in total. The average molecular weight is 510 g/mol. The quantitative estimate of drug-likeness (QED) is 0.580. The van der Waals surface area contributed by atoms with Gasteiger partial charge in [-0.2, -0.15) is 0 Å². The van der Waals surface area contributed by atoms with Crippen molar-refractivity contribution in [3.63, 3.8) is 0 Å². The van der Waals surface area contributed by atoms with Crippen LogP contribution < -0.4 is 10.1 Å². The number of amides is 2. The predicted molar refractivity (Wildman–Crippen MR) is 138 cm³/mol. The molecule has 1 aromatic carbocycles. The number of rotatable bonds is 8. The summed E-state index contributed by atoms with van der Waals surface area (Å²) in [5.41, 5.74) is 2.72. The molecule has 0 bridgehead atoms. The van der Waals surface area contributed by atoms with Gasteiger partial charge in [0.05, 0.1) is 26.4 Å². The number of nitrogens with one attached hydrogen (secondary N) is 1. The van der Waals surface area contributed by atoms with Crippen molar-refractivity contribution in [2.45, 2.75) is 70.7 Å². The summed E-state index contributed by atoms with van der Waals surface area (Å²) in [6.07, 6.45) is 4.71. The van der Waals surface area contributed by atoms with Gasteiger partial charge in [-0.15, -0.1) is 0 Å². The zero-order valence-corrected chi connectivity index (χ0v) is 22.1. The lowest BCUT2D eigenvalue weighted by Crippen LogP contribution is -2.58. The van der Waals surface area contributed by atoms with E-state index in [2.05, 4.69) is 30.6 Å². The van der Waals surface area contributed by atoms with Crippen LogP contribution in [0.1, 0.15) is 61.9 Å². The molecule has 3 atom stereocenters. The highest BCUT2D eigenvalue weighted by Crippen LogP contribution is 2.38. The summed E-state index contributed by atoms with van der Waals surface area (Å²) < 4.78 is 17.8. The van der Waals surface area contributed by atoms with Gasteiger partial charge in [0, 0.05) is 47.8 Å². The summed E-state index contributed by atoms with van der Waals surface area (Å²) in [6, 6.07) is 5.70. The van der Waals surface area contributed by atoms with Crippen LogP contribution in [-0.2, 0) is 20.8 Å². The van der Waals surface area contributed by atoms with Crippen LogP contribution in [-0.4, -0.2) is 79.3 Å². The van der Waals surface area contributed by atoms with Gasteiger partial charge in [-0.3, -0.25) is 14.5 Å². The molecule has 200 valence electrons. The molecule has 5 aliphatic rings. The molecule has 1 unspecified atom stereocenters. The second-order valence-corrected chi connectivity index (χ2v) is 12.6. The van der Waals surface area contributed by atoms with Crippen molar-refractivity contribution in [1.29, 1.82) is 0 Å². The fourth-order valence-electron chi connectivity index (χ4n) is 6.70. The number of fused-ring (bicyclic) bond motifs is 1. The first kappa shape index (κ1) is 24.9. The molecule has 0 radical (unpaired) electrons. The molecule has 37 heavy (non-hydrogen) atoms. The van der Waals surface area contributed by atoms with Crippen LogP contribution in [0.5, 0.6) is 5.75 Å². The Morgan fingerprint density at radius 1 is 1.08 bits per heavy atom. The zero-order valence-electron chi connectivity index (χ0n) is 22.1. The largest absolute Gasteiger partial charge is 0.489 e. The second-order valence-electron chi connectivity index (χ2n) is 12.6. The smallest absolute Gasteiger partial charge is 0.255 e. The summed E-state index contributed by atoms with van der Waals surface area (Å²) in [5.74, 6) is 0.591. The van der Waals surface area contributed by atoms with Crippen molar-refractivity contribution in [1.82, 2.24) is 15.1 Å². The van der Waals surface area contributed by atoms with Crippen LogP contribution in [0.3, 0.4) is 0 Å². The number of allylic oxidation sites excluding steroid dienone is 1. The molecule has 6 rings (SSSR count). The first-order valence-electron chi connectivity index (χ1n) is 13.7. The van der Waals surface area contributed by atoms with Gasteiger partial charge >= 0.3 is 0 Å². The van der Waals surface area contributed by atoms with Crippen molar-refractivity contribution in [2.24, 2.45) is 10.8 Å². The summed E-state index contributed by atoms with van der Waals surface area (Å²) >= 11 is 0. The minimum atomic E-state index is -0.448. The molecule has 1 aromatic rings. The normalized spacial score (nSPS) is 30.1. The molecule has 1 aliphatic carbocycles. The van der Waals surface area contributed by atoms with Crippen LogP contribution in [0.4, 0.5) is 0 Å². The molecule has 1 saturated carbocycles. The van der Waals surface area contributed by atoms with Crippen molar-refractivity contribution in [2.75, 3.05) is 39.5 Å². The summed E-state index contributed by atoms with van der Waals surface area (Å²) in [4.78, 5) is 30.0. The maximum absolute atomic E-state index is 13.1. The van der Waals surface area contributed by atoms with E-state index in [1.807, 2.05) is 18.2 Å². The number of carbonyl (C=O) groups is 2. The Labute approximate surface area is 219 Å². The monoisotopic (exact) mass is 509 g/mol. The topological polar surface area (TPSA) is 80.3 Å². The van der Waals surface area contributed by atoms with Crippen LogP contribution in [0.15, 0.2) is 30.5 Å². The van der Waals surface area contributed by atoms with E-state index in [0.29, 0.717) is 31.0 Å². The van der Waals surface area contributed by atoms with Crippen LogP contribution in [0.2, 0.25) is 0 Å². The highest BCUT2D eigenvalue weighted by molar-refractivity contribution is 6.01. The van der Waals surface area contributed by atoms with Crippen LogP contribution >= 0.6 is 0 Å². The summed E-state index contributed by atoms with van der Waals surface area (Å²) in [5, 5.41) is 2.81. The van der Waals surface area contributed by atoms with E-state index < -0.39 is 6.04 Å². The van der Waals surface area contributed by atoms with Crippen LogP contribution in [0, 0.1) is 10.8 Å². The minimum absolute atomic E-state index is 0.0777. The number of hydrogen-bond acceptors (Lipinski definition) is 6. The molecule has 1 N–H and O–H groups in total. The molecule has 0 aromatic heterocycles. The Morgan fingerprint density at radius 2 is 1.78 bits per heavy atom. The third-order valence-corrected chi connectivity index (χ3v) is 8.75. The fourth-order valence-corrected chi connectivity index (χ4v) is 6.70. The number of carbonyl (C=O) groups excluding carboxylic acids is 2. The molecular weight excluding hydrogens is 470 g/mol. The highest BCUT2D eigenvalue weighted by atomic mass is 16.5. The number of hydrogen-bond donors (Lipinski definition) is 1. The van der Waals surface area contributed by atoms with Gasteiger partial charge in [0.2, 0.25) is 5.91 Å². The Morgan fingerprint density at radius 3 is 2.41 bits per heavy atom. The fraction of sp³-hybridized carbons (Fsp3) is 0.655.